The zero-order valence-electron chi connectivity index (χ0n) is 9.16. The SMILES string of the molecule is CC(C)C(C)OC(=O)c1ccccc1Cl. The second kappa shape index (κ2) is 5.17. The fraction of sp³-hybridized carbons (Fsp3) is 0.417. The van der Waals surface area contributed by atoms with E-state index in [9.17, 15) is 4.79 Å². The quantitative estimate of drug-likeness (QED) is 0.737. The lowest BCUT2D eigenvalue weighted by Crippen LogP contribution is -2.20. The van der Waals surface area contributed by atoms with Gasteiger partial charge in [0.05, 0.1) is 10.6 Å². The van der Waals surface area contributed by atoms with Gasteiger partial charge in [-0.25, -0.2) is 4.79 Å². The Labute approximate surface area is 95.2 Å². The summed E-state index contributed by atoms with van der Waals surface area (Å²) in [6, 6.07) is 6.89. The maximum absolute atomic E-state index is 11.7. The summed E-state index contributed by atoms with van der Waals surface area (Å²) in [6.07, 6.45) is -0.103. The number of hydrogen-bond donors (Lipinski definition) is 0. The van der Waals surface area contributed by atoms with Crippen molar-refractivity contribution >= 4 is 17.6 Å². The highest BCUT2D eigenvalue weighted by atomic mass is 35.5. The van der Waals surface area contributed by atoms with Crippen LogP contribution in [-0.2, 0) is 4.74 Å². The molecule has 0 spiro atoms. The third-order valence-electron chi connectivity index (χ3n) is 2.33. The van der Waals surface area contributed by atoms with E-state index in [1.165, 1.54) is 0 Å². The van der Waals surface area contributed by atoms with Gasteiger partial charge in [0.2, 0.25) is 0 Å². The van der Waals surface area contributed by atoms with Gasteiger partial charge in [-0.15, -0.1) is 0 Å². The number of carbonyl (C=O) groups is 1. The van der Waals surface area contributed by atoms with E-state index >= 15 is 0 Å². The van der Waals surface area contributed by atoms with Crippen LogP contribution in [0.3, 0.4) is 0 Å². The van der Waals surface area contributed by atoms with Crippen molar-refractivity contribution in [3.63, 3.8) is 0 Å². The normalized spacial score (nSPS) is 12.6. The minimum absolute atomic E-state index is 0.103. The molecule has 1 atom stereocenters. The zero-order valence-corrected chi connectivity index (χ0v) is 9.91. The number of rotatable bonds is 3. The van der Waals surface area contributed by atoms with Crippen molar-refractivity contribution in [1.29, 1.82) is 0 Å². The molecule has 82 valence electrons. The van der Waals surface area contributed by atoms with E-state index < -0.39 is 0 Å². The average molecular weight is 227 g/mol. The van der Waals surface area contributed by atoms with Crippen LogP contribution < -0.4 is 0 Å². The third kappa shape index (κ3) is 3.24. The molecule has 0 saturated heterocycles. The van der Waals surface area contributed by atoms with Crippen molar-refractivity contribution in [1.82, 2.24) is 0 Å². The second-order valence-corrected chi connectivity index (χ2v) is 4.24. The number of ether oxygens (including phenoxy) is 1. The van der Waals surface area contributed by atoms with E-state index in [0.29, 0.717) is 16.5 Å². The van der Waals surface area contributed by atoms with Crippen LogP contribution in [0.2, 0.25) is 5.02 Å². The van der Waals surface area contributed by atoms with E-state index in [2.05, 4.69) is 0 Å². The highest BCUT2D eigenvalue weighted by molar-refractivity contribution is 6.33. The zero-order chi connectivity index (χ0) is 11.4. The Balaban J connectivity index is 2.74. The molecule has 0 saturated carbocycles. The fourth-order valence-corrected chi connectivity index (χ4v) is 1.21. The first-order chi connectivity index (χ1) is 7.02. The molecule has 1 unspecified atom stereocenters. The highest BCUT2D eigenvalue weighted by Crippen LogP contribution is 2.17. The largest absolute Gasteiger partial charge is 0.459 e. The van der Waals surface area contributed by atoms with Crippen molar-refractivity contribution in [2.75, 3.05) is 0 Å². The van der Waals surface area contributed by atoms with Gasteiger partial charge in [-0.3, -0.25) is 0 Å². The predicted molar refractivity (Wildman–Crippen MR) is 61.2 cm³/mol. The Kier molecular flexibility index (Phi) is 4.15. The number of benzene rings is 1. The summed E-state index contributed by atoms with van der Waals surface area (Å²) in [5, 5.41) is 0.429. The molecule has 0 aliphatic carbocycles. The summed E-state index contributed by atoms with van der Waals surface area (Å²) in [5.74, 6) is -0.0572. The lowest BCUT2D eigenvalue weighted by atomic mass is 10.1. The van der Waals surface area contributed by atoms with Gasteiger partial charge in [-0.1, -0.05) is 37.6 Å². The van der Waals surface area contributed by atoms with Gasteiger partial charge < -0.3 is 4.74 Å². The van der Waals surface area contributed by atoms with Crippen molar-refractivity contribution in [2.24, 2.45) is 5.92 Å². The number of halogens is 1. The molecule has 0 aromatic heterocycles. The molecular formula is C12H15ClO2. The second-order valence-electron chi connectivity index (χ2n) is 3.83. The molecule has 0 N–H and O–H groups in total. The molecule has 1 rings (SSSR count). The standard InChI is InChI=1S/C12H15ClO2/c1-8(2)9(3)15-12(14)10-6-4-5-7-11(10)13/h4-9H,1-3H3. The molecular weight excluding hydrogens is 212 g/mol. The van der Waals surface area contributed by atoms with Crippen LogP contribution in [0.5, 0.6) is 0 Å². The van der Waals surface area contributed by atoms with Crippen molar-refractivity contribution in [3.8, 4) is 0 Å². The lowest BCUT2D eigenvalue weighted by molar-refractivity contribution is 0.0238. The molecule has 1 aromatic carbocycles. The molecule has 3 heteroatoms. The van der Waals surface area contributed by atoms with E-state index in [0.717, 1.165) is 0 Å². The summed E-state index contributed by atoms with van der Waals surface area (Å²) in [4.78, 5) is 11.7. The maximum atomic E-state index is 11.7. The molecule has 0 fully saturated rings. The molecule has 15 heavy (non-hydrogen) atoms. The van der Waals surface area contributed by atoms with Crippen molar-refractivity contribution in [2.45, 2.75) is 26.9 Å². The number of carbonyl (C=O) groups excluding carboxylic acids is 1. The third-order valence-corrected chi connectivity index (χ3v) is 2.66. The Morgan fingerprint density at radius 1 is 1.27 bits per heavy atom. The topological polar surface area (TPSA) is 26.3 Å². The molecule has 0 aliphatic rings. The van der Waals surface area contributed by atoms with Crippen LogP contribution in [0.25, 0.3) is 0 Å². The van der Waals surface area contributed by atoms with Gasteiger partial charge in [0.25, 0.3) is 0 Å². The summed E-state index contributed by atoms with van der Waals surface area (Å²) in [5.41, 5.74) is 0.423. The number of hydrogen-bond acceptors (Lipinski definition) is 2. The van der Waals surface area contributed by atoms with Crippen molar-refractivity contribution in [3.05, 3.63) is 34.9 Å². The first-order valence-corrected chi connectivity index (χ1v) is 5.35. The molecule has 0 amide bonds. The molecule has 0 heterocycles. The Bertz CT molecular complexity index is 347. The smallest absolute Gasteiger partial charge is 0.339 e. The van der Waals surface area contributed by atoms with Crippen LogP contribution in [-0.4, -0.2) is 12.1 Å². The summed E-state index contributed by atoms with van der Waals surface area (Å²) >= 11 is 5.88. The molecule has 0 bridgehead atoms. The van der Waals surface area contributed by atoms with E-state index in [1.807, 2.05) is 20.8 Å². The van der Waals surface area contributed by atoms with Gasteiger partial charge in [0.15, 0.2) is 0 Å². The fourth-order valence-electron chi connectivity index (χ4n) is 0.995. The number of esters is 1. The lowest BCUT2D eigenvalue weighted by Gasteiger charge is -2.16. The molecule has 1 aromatic rings. The van der Waals surface area contributed by atoms with Gasteiger partial charge in [0.1, 0.15) is 6.10 Å². The van der Waals surface area contributed by atoms with Crippen LogP contribution in [0.1, 0.15) is 31.1 Å². The van der Waals surface area contributed by atoms with Crippen LogP contribution in [0, 0.1) is 5.92 Å². The maximum Gasteiger partial charge on any atom is 0.339 e. The van der Waals surface area contributed by atoms with E-state index in [4.69, 9.17) is 16.3 Å². The minimum Gasteiger partial charge on any atom is -0.459 e. The predicted octanol–water partition coefficient (Wildman–Crippen LogP) is 3.54. The highest BCUT2D eigenvalue weighted by Gasteiger charge is 2.16. The van der Waals surface area contributed by atoms with Gasteiger partial charge in [-0.05, 0) is 25.0 Å². The molecule has 0 aliphatic heterocycles. The Morgan fingerprint density at radius 2 is 1.87 bits per heavy atom. The summed E-state index contributed by atoms with van der Waals surface area (Å²) in [7, 11) is 0. The Hall–Kier alpha value is -1.02. The van der Waals surface area contributed by atoms with Crippen LogP contribution in [0.15, 0.2) is 24.3 Å². The first-order valence-electron chi connectivity index (χ1n) is 4.98. The minimum atomic E-state index is -0.359. The van der Waals surface area contributed by atoms with E-state index in [-0.39, 0.29) is 12.1 Å². The first kappa shape index (κ1) is 12.1. The van der Waals surface area contributed by atoms with Crippen LogP contribution >= 0.6 is 11.6 Å². The molecule has 2 nitrogen and oxygen atoms in total. The molecule has 0 radical (unpaired) electrons. The van der Waals surface area contributed by atoms with Crippen molar-refractivity contribution < 1.29 is 9.53 Å². The summed E-state index contributed by atoms with van der Waals surface area (Å²) in [6.45, 7) is 5.88. The Morgan fingerprint density at radius 3 is 2.40 bits per heavy atom. The monoisotopic (exact) mass is 226 g/mol. The summed E-state index contributed by atoms with van der Waals surface area (Å²) < 4.78 is 5.26. The van der Waals surface area contributed by atoms with E-state index in [1.54, 1.807) is 24.3 Å². The van der Waals surface area contributed by atoms with Gasteiger partial charge in [0, 0.05) is 0 Å². The van der Waals surface area contributed by atoms with Gasteiger partial charge in [-0.2, -0.15) is 0 Å². The average Bonchev–Trinajstić information content (AvgIpc) is 2.18. The van der Waals surface area contributed by atoms with Gasteiger partial charge >= 0.3 is 5.97 Å². The van der Waals surface area contributed by atoms with Crippen LogP contribution in [0.4, 0.5) is 0 Å².